The molecule has 1 aromatic carbocycles. The summed E-state index contributed by atoms with van der Waals surface area (Å²) in [5.74, 6) is 0.517. The highest BCUT2D eigenvalue weighted by Gasteiger charge is 2.35. The predicted molar refractivity (Wildman–Crippen MR) is 73.3 cm³/mol. The summed E-state index contributed by atoms with van der Waals surface area (Å²) >= 11 is 0. The number of hydrogen-bond donors (Lipinski definition) is 2. The highest BCUT2D eigenvalue weighted by Crippen LogP contribution is 2.34. The Morgan fingerprint density at radius 1 is 1.50 bits per heavy atom. The van der Waals surface area contributed by atoms with E-state index in [-0.39, 0.29) is 5.91 Å². The molecule has 1 aromatic rings. The van der Waals surface area contributed by atoms with Crippen LogP contribution < -0.4 is 11.1 Å². The van der Waals surface area contributed by atoms with E-state index >= 15 is 0 Å². The average Bonchev–Trinajstić information content (AvgIpc) is 3.06. The molecule has 1 saturated carbocycles. The summed E-state index contributed by atoms with van der Waals surface area (Å²) in [7, 11) is 0. The second-order valence-corrected chi connectivity index (χ2v) is 5.28. The Morgan fingerprint density at radius 3 is 2.89 bits per heavy atom. The van der Waals surface area contributed by atoms with Crippen LogP contribution in [0.4, 0.5) is 0 Å². The van der Waals surface area contributed by atoms with Gasteiger partial charge in [0.1, 0.15) is 0 Å². The maximum absolute atomic E-state index is 11.1. The van der Waals surface area contributed by atoms with E-state index in [1.807, 2.05) is 25.1 Å². The maximum Gasteiger partial charge on any atom is 0.248 e. The number of benzene rings is 1. The van der Waals surface area contributed by atoms with Crippen LogP contribution in [0.2, 0.25) is 0 Å². The molecule has 0 saturated heterocycles. The normalized spacial score (nSPS) is 21.9. The minimum atomic E-state index is -0.359. The minimum Gasteiger partial charge on any atom is -0.366 e. The molecule has 0 bridgehead atoms. The zero-order chi connectivity index (χ0) is 13.1. The van der Waals surface area contributed by atoms with Crippen molar-refractivity contribution in [2.24, 2.45) is 11.7 Å². The van der Waals surface area contributed by atoms with Crippen molar-refractivity contribution in [2.75, 3.05) is 0 Å². The van der Waals surface area contributed by atoms with Gasteiger partial charge in [-0.1, -0.05) is 19.4 Å². The van der Waals surface area contributed by atoms with Crippen molar-refractivity contribution in [1.82, 2.24) is 5.32 Å². The lowest BCUT2D eigenvalue weighted by molar-refractivity contribution is 0.1000. The number of rotatable bonds is 6. The van der Waals surface area contributed by atoms with Crippen LogP contribution in [0.3, 0.4) is 0 Å². The summed E-state index contributed by atoms with van der Waals surface area (Å²) in [6, 6.07) is 6.37. The SMILES string of the molecule is CCCC1CC1NCc1ccc(C(N)=O)cc1C. The van der Waals surface area contributed by atoms with Crippen LogP contribution in [0, 0.1) is 12.8 Å². The number of hydrogen-bond acceptors (Lipinski definition) is 2. The number of nitrogens with one attached hydrogen (secondary N) is 1. The van der Waals surface area contributed by atoms with Crippen LogP contribution in [0.15, 0.2) is 18.2 Å². The van der Waals surface area contributed by atoms with E-state index in [4.69, 9.17) is 5.73 Å². The second kappa shape index (κ2) is 5.53. The molecule has 2 unspecified atom stereocenters. The molecule has 1 aliphatic rings. The van der Waals surface area contributed by atoms with Crippen molar-refractivity contribution in [3.63, 3.8) is 0 Å². The Hall–Kier alpha value is -1.35. The standard InChI is InChI=1S/C15H22N2O/c1-3-4-11-8-14(11)17-9-13-6-5-12(15(16)18)7-10(13)2/h5-7,11,14,17H,3-4,8-9H2,1-2H3,(H2,16,18). The van der Waals surface area contributed by atoms with Crippen LogP contribution in [0.25, 0.3) is 0 Å². The molecule has 0 heterocycles. The predicted octanol–water partition coefficient (Wildman–Crippen LogP) is 2.37. The minimum absolute atomic E-state index is 0.359. The average molecular weight is 246 g/mol. The molecule has 0 aliphatic heterocycles. The second-order valence-electron chi connectivity index (χ2n) is 5.28. The summed E-state index contributed by atoms with van der Waals surface area (Å²) < 4.78 is 0. The first kappa shape index (κ1) is 13.1. The van der Waals surface area contributed by atoms with Crippen LogP contribution in [0.5, 0.6) is 0 Å². The highest BCUT2D eigenvalue weighted by molar-refractivity contribution is 5.93. The van der Waals surface area contributed by atoms with Crippen LogP contribution in [-0.4, -0.2) is 11.9 Å². The zero-order valence-electron chi connectivity index (χ0n) is 11.2. The van der Waals surface area contributed by atoms with Gasteiger partial charge < -0.3 is 11.1 Å². The Morgan fingerprint density at radius 2 is 2.28 bits per heavy atom. The van der Waals surface area contributed by atoms with Gasteiger partial charge in [0, 0.05) is 18.2 Å². The Bertz CT molecular complexity index is 442. The number of carbonyl (C=O) groups excluding carboxylic acids is 1. The van der Waals surface area contributed by atoms with Crippen molar-refractivity contribution in [2.45, 2.75) is 45.7 Å². The topological polar surface area (TPSA) is 55.1 Å². The zero-order valence-corrected chi connectivity index (χ0v) is 11.2. The summed E-state index contributed by atoms with van der Waals surface area (Å²) in [5.41, 5.74) is 8.23. The first-order valence-electron chi connectivity index (χ1n) is 6.74. The molecule has 98 valence electrons. The Labute approximate surface area is 109 Å². The van der Waals surface area contributed by atoms with Crippen LogP contribution in [0.1, 0.15) is 47.7 Å². The highest BCUT2D eigenvalue weighted by atomic mass is 16.1. The molecule has 0 spiro atoms. The van der Waals surface area contributed by atoms with E-state index in [1.165, 1.54) is 24.8 Å². The van der Waals surface area contributed by atoms with Crippen molar-refractivity contribution in [3.05, 3.63) is 34.9 Å². The molecule has 18 heavy (non-hydrogen) atoms. The largest absolute Gasteiger partial charge is 0.366 e. The third-order valence-corrected chi connectivity index (χ3v) is 3.76. The van der Waals surface area contributed by atoms with Gasteiger partial charge in [0.05, 0.1) is 0 Å². The molecule has 1 aliphatic carbocycles. The summed E-state index contributed by atoms with van der Waals surface area (Å²) in [6.45, 7) is 5.15. The van der Waals surface area contributed by atoms with Crippen molar-refractivity contribution < 1.29 is 4.79 Å². The molecular formula is C15H22N2O. The quantitative estimate of drug-likeness (QED) is 0.809. The first-order valence-corrected chi connectivity index (χ1v) is 6.74. The fourth-order valence-electron chi connectivity index (χ4n) is 2.48. The Balaban J connectivity index is 1.89. The third kappa shape index (κ3) is 3.10. The Kier molecular flexibility index (Phi) is 4.02. The van der Waals surface area contributed by atoms with Crippen LogP contribution >= 0.6 is 0 Å². The van der Waals surface area contributed by atoms with Crippen molar-refractivity contribution in [1.29, 1.82) is 0 Å². The van der Waals surface area contributed by atoms with E-state index in [0.717, 1.165) is 18.0 Å². The maximum atomic E-state index is 11.1. The van der Waals surface area contributed by atoms with E-state index in [1.54, 1.807) is 0 Å². The smallest absolute Gasteiger partial charge is 0.248 e. The van der Waals surface area contributed by atoms with Crippen molar-refractivity contribution in [3.8, 4) is 0 Å². The number of amides is 1. The molecule has 3 N–H and O–H groups in total. The first-order chi connectivity index (χ1) is 8.61. The lowest BCUT2D eigenvalue weighted by Gasteiger charge is -2.08. The lowest BCUT2D eigenvalue weighted by Crippen LogP contribution is -2.18. The molecule has 3 heteroatoms. The monoisotopic (exact) mass is 246 g/mol. The van der Waals surface area contributed by atoms with Gasteiger partial charge in [0.25, 0.3) is 0 Å². The number of primary amides is 1. The van der Waals surface area contributed by atoms with E-state index in [9.17, 15) is 4.79 Å². The van der Waals surface area contributed by atoms with E-state index < -0.39 is 0 Å². The van der Waals surface area contributed by atoms with Crippen molar-refractivity contribution >= 4 is 5.91 Å². The van der Waals surface area contributed by atoms with E-state index in [2.05, 4.69) is 12.2 Å². The molecule has 1 fully saturated rings. The van der Waals surface area contributed by atoms with E-state index in [0.29, 0.717) is 11.6 Å². The molecule has 0 radical (unpaired) electrons. The van der Waals surface area contributed by atoms with Gasteiger partial charge in [0.2, 0.25) is 5.91 Å². The summed E-state index contributed by atoms with van der Waals surface area (Å²) in [6.07, 6.45) is 3.92. The third-order valence-electron chi connectivity index (χ3n) is 3.76. The molecule has 3 nitrogen and oxygen atoms in total. The van der Waals surface area contributed by atoms with Gasteiger partial charge in [0.15, 0.2) is 0 Å². The molecule has 0 aromatic heterocycles. The van der Waals surface area contributed by atoms with Gasteiger partial charge in [-0.2, -0.15) is 0 Å². The molecule has 2 atom stereocenters. The fourth-order valence-corrected chi connectivity index (χ4v) is 2.48. The van der Waals surface area contributed by atoms with Gasteiger partial charge in [-0.25, -0.2) is 0 Å². The number of aryl methyl sites for hydroxylation is 1. The summed E-state index contributed by atoms with van der Waals surface area (Å²) in [5, 5.41) is 3.58. The van der Waals surface area contributed by atoms with Gasteiger partial charge >= 0.3 is 0 Å². The number of nitrogens with two attached hydrogens (primary N) is 1. The van der Waals surface area contributed by atoms with Gasteiger partial charge in [-0.3, -0.25) is 4.79 Å². The van der Waals surface area contributed by atoms with Gasteiger partial charge in [-0.05, 0) is 48.9 Å². The van der Waals surface area contributed by atoms with Crippen LogP contribution in [-0.2, 0) is 6.54 Å². The van der Waals surface area contributed by atoms with Gasteiger partial charge in [-0.15, -0.1) is 0 Å². The lowest BCUT2D eigenvalue weighted by atomic mass is 10.0. The number of carbonyl (C=O) groups is 1. The molecular weight excluding hydrogens is 224 g/mol. The fraction of sp³-hybridized carbons (Fsp3) is 0.533. The molecule has 2 rings (SSSR count). The molecule has 1 amide bonds. The summed E-state index contributed by atoms with van der Waals surface area (Å²) in [4.78, 5) is 11.1.